The molecule has 5 nitrogen and oxygen atoms in total. The number of rotatable bonds is 6. The average molecular weight is 332 g/mol. The molecule has 1 aliphatic rings. The van der Waals surface area contributed by atoms with E-state index in [0.717, 1.165) is 19.6 Å². The van der Waals surface area contributed by atoms with Gasteiger partial charge in [-0.25, -0.2) is 8.42 Å². The fraction of sp³-hybridized carbons (Fsp3) is 0.714. The van der Waals surface area contributed by atoms with Gasteiger partial charge in [-0.1, -0.05) is 19.9 Å². The quantitative estimate of drug-likeness (QED) is 0.862. The van der Waals surface area contributed by atoms with Gasteiger partial charge in [0.1, 0.15) is 4.21 Å². The van der Waals surface area contributed by atoms with Crippen LogP contribution >= 0.6 is 11.3 Å². The number of nitrogens with zero attached hydrogens (tertiary/aromatic N) is 1. The zero-order valence-electron chi connectivity index (χ0n) is 12.8. The summed E-state index contributed by atoms with van der Waals surface area (Å²) in [6.07, 6.45) is 0.967. The van der Waals surface area contributed by atoms with Gasteiger partial charge in [0.2, 0.25) is 0 Å². The fourth-order valence-electron chi connectivity index (χ4n) is 2.49. The number of thiophene rings is 1. The molecule has 2 heterocycles. The predicted molar refractivity (Wildman–Crippen MR) is 85.1 cm³/mol. The van der Waals surface area contributed by atoms with Crippen LogP contribution in [0, 0.1) is 5.41 Å². The molecule has 1 saturated heterocycles. The molecule has 1 aromatic heterocycles. The van der Waals surface area contributed by atoms with E-state index in [9.17, 15) is 8.42 Å². The van der Waals surface area contributed by atoms with E-state index in [-0.39, 0.29) is 5.41 Å². The van der Waals surface area contributed by atoms with Gasteiger partial charge in [-0.15, -0.1) is 11.3 Å². The first-order valence-electron chi connectivity index (χ1n) is 7.15. The Hall–Kier alpha value is -0.470. The van der Waals surface area contributed by atoms with Crippen LogP contribution < -0.4 is 5.32 Å². The first kappa shape index (κ1) is 16.9. The summed E-state index contributed by atoms with van der Waals surface area (Å²) in [5.41, 5.74) is 0.0868. The summed E-state index contributed by atoms with van der Waals surface area (Å²) in [6.45, 7) is 6.98. The van der Waals surface area contributed by atoms with Crippen LogP contribution in [0.3, 0.4) is 0 Å². The number of hydrogen-bond acceptors (Lipinski definition) is 5. The average Bonchev–Trinajstić information content (AvgIpc) is 2.95. The number of ether oxygens (including phenoxy) is 1. The van der Waals surface area contributed by atoms with Gasteiger partial charge >= 0.3 is 0 Å². The van der Waals surface area contributed by atoms with Crippen LogP contribution in [0.4, 0.5) is 0 Å². The van der Waals surface area contributed by atoms with Crippen LogP contribution in [0.15, 0.2) is 21.7 Å². The Bertz CT molecular complexity index is 541. The zero-order chi connectivity index (χ0) is 15.5. The molecule has 0 aliphatic carbocycles. The Kier molecular flexibility index (Phi) is 5.43. The second kappa shape index (κ2) is 6.75. The van der Waals surface area contributed by atoms with E-state index in [1.165, 1.54) is 15.6 Å². The summed E-state index contributed by atoms with van der Waals surface area (Å²) in [5.74, 6) is 0. The minimum absolute atomic E-state index is 0.0868. The van der Waals surface area contributed by atoms with E-state index in [1.54, 1.807) is 24.6 Å². The van der Waals surface area contributed by atoms with Crippen LogP contribution in [-0.2, 0) is 14.8 Å². The lowest BCUT2D eigenvalue weighted by Gasteiger charge is -2.39. The standard InChI is InChI=1S/C14H24N2O3S2/c1-14(2)11-19-9-6-12(14)15-7-8-16(3)21(17,18)13-5-4-10-20-13/h4-5,10,12,15H,6-9,11H2,1-3H3. The maximum atomic E-state index is 12.3. The number of hydrogen-bond donors (Lipinski definition) is 1. The van der Waals surface area contributed by atoms with E-state index >= 15 is 0 Å². The minimum Gasteiger partial charge on any atom is -0.381 e. The number of sulfonamides is 1. The highest BCUT2D eigenvalue weighted by Gasteiger charge is 2.32. The first-order chi connectivity index (χ1) is 9.84. The Morgan fingerprint density at radius 1 is 1.52 bits per heavy atom. The van der Waals surface area contributed by atoms with Gasteiger partial charge in [-0.2, -0.15) is 4.31 Å². The van der Waals surface area contributed by atoms with E-state index in [0.29, 0.717) is 23.3 Å². The summed E-state index contributed by atoms with van der Waals surface area (Å²) < 4.78 is 31.9. The highest BCUT2D eigenvalue weighted by molar-refractivity contribution is 7.91. The third kappa shape index (κ3) is 4.04. The van der Waals surface area contributed by atoms with Crippen molar-refractivity contribution in [2.75, 3.05) is 33.4 Å². The van der Waals surface area contributed by atoms with Crippen molar-refractivity contribution >= 4 is 21.4 Å². The van der Waals surface area contributed by atoms with Gasteiger partial charge in [-0.05, 0) is 17.9 Å². The minimum atomic E-state index is -3.34. The molecule has 21 heavy (non-hydrogen) atoms. The monoisotopic (exact) mass is 332 g/mol. The molecule has 1 unspecified atom stereocenters. The van der Waals surface area contributed by atoms with Crippen molar-refractivity contribution in [3.63, 3.8) is 0 Å². The third-order valence-corrected chi connectivity index (χ3v) is 7.18. The smallest absolute Gasteiger partial charge is 0.252 e. The van der Waals surface area contributed by atoms with Crippen LogP contribution in [0.5, 0.6) is 0 Å². The van der Waals surface area contributed by atoms with E-state index in [4.69, 9.17) is 4.74 Å². The molecule has 1 fully saturated rings. The summed E-state index contributed by atoms with van der Waals surface area (Å²) in [6, 6.07) is 3.77. The van der Waals surface area contributed by atoms with Gasteiger partial charge in [0.15, 0.2) is 0 Å². The summed E-state index contributed by atoms with van der Waals surface area (Å²) in [7, 11) is -1.71. The van der Waals surface area contributed by atoms with E-state index in [1.807, 2.05) is 0 Å². The van der Waals surface area contributed by atoms with Gasteiger partial charge < -0.3 is 10.1 Å². The Morgan fingerprint density at radius 2 is 2.29 bits per heavy atom. The molecule has 0 amide bonds. The largest absolute Gasteiger partial charge is 0.381 e. The molecule has 120 valence electrons. The van der Waals surface area contributed by atoms with Gasteiger partial charge in [0.05, 0.1) is 6.61 Å². The van der Waals surface area contributed by atoms with Crippen molar-refractivity contribution in [2.45, 2.75) is 30.5 Å². The van der Waals surface area contributed by atoms with Crippen LogP contribution in [0.1, 0.15) is 20.3 Å². The topological polar surface area (TPSA) is 58.6 Å². The highest BCUT2D eigenvalue weighted by Crippen LogP contribution is 2.27. The van der Waals surface area contributed by atoms with Crippen molar-refractivity contribution in [3.05, 3.63) is 17.5 Å². The summed E-state index contributed by atoms with van der Waals surface area (Å²) >= 11 is 1.25. The third-order valence-electron chi connectivity index (χ3n) is 3.95. The molecule has 1 atom stereocenters. The Morgan fingerprint density at radius 3 is 2.90 bits per heavy atom. The van der Waals surface area contributed by atoms with Crippen molar-refractivity contribution < 1.29 is 13.2 Å². The molecular weight excluding hydrogens is 308 g/mol. The van der Waals surface area contributed by atoms with Gasteiger partial charge in [-0.3, -0.25) is 0 Å². The van der Waals surface area contributed by atoms with E-state index < -0.39 is 10.0 Å². The molecule has 7 heteroatoms. The van der Waals surface area contributed by atoms with E-state index in [2.05, 4.69) is 19.2 Å². The SMILES string of the molecule is CN(CCNC1CCOCC1(C)C)S(=O)(=O)c1cccs1. The maximum absolute atomic E-state index is 12.3. The molecular formula is C14H24N2O3S2. The van der Waals surface area contributed by atoms with Crippen LogP contribution in [-0.4, -0.2) is 52.1 Å². The summed E-state index contributed by atoms with van der Waals surface area (Å²) in [5, 5.41) is 5.26. The molecule has 0 aromatic carbocycles. The second-order valence-corrected chi connectivity index (χ2v) is 9.31. The van der Waals surface area contributed by atoms with Crippen molar-refractivity contribution in [2.24, 2.45) is 5.41 Å². The molecule has 0 saturated carbocycles. The van der Waals surface area contributed by atoms with Crippen molar-refractivity contribution in [3.8, 4) is 0 Å². The Labute approximate surface area is 131 Å². The fourth-order valence-corrected chi connectivity index (χ4v) is 4.86. The highest BCUT2D eigenvalue weighted by atomic mass is 32.2. The lowest BCUT2D eigenvalue weighted by atomic mass is 9.82. The molecule has 1 aromatic rings. The van der Waals surface area contributed by atoms with Gasteiger partial charge in [0, 0.05) is 38.2 Å². The molecule has 0 radical (unpaired) electrons. The Balaban J connectivity index is 1.86. The van der Waals surface area contributed by atoms with Crippen molar-refractivity contribution in [1.29, 1.82) is 0 Å². The molecule has 0 bridgehead atoms. The number of likely N-dealkylation sites (N-methyl/N-ethyl adjacent to an activating group) is 1. The van der Waals surface area contributed by atoms with Crippen LogP contribution in [0.25, 0.3) is 0 Å². The zero-order valence-corrected chi connectivity index (χ0v) is 14.5. The second-order valence-electron chi connectivity index (χ2n) is 6.10. The summed E-state index contributed by atoms with van der Waals surface area (Å²) in [4.78, 5) is 0. The maximum Gasteiger partial charge on any atom is 0.252 e. The first-order valence-corrected chi connectivity index (χ1v) is 9.47. The normalized spacial score (nSPS) is 22.6. The van der Waals surface area contributed by atoms with Crippen molar-refractivity contribution in [1.82, 2.24) is 9.62 Å². The molecule has 1 N–H and O–H groups in total. The lowest BCUT2D eigenvalue weighted by molar-refractivity contribution is -0.0130. The lowest BCUT2D eigenvalue weighted by Crippen LogP contribution is -2.50. The predicted octanol–water partition coefficient (Wildman–Crippen LogP) is 1.77. The van der Waals surface area contributed by atoms with Gasteiger partial charge in [0.25, 0.3) is 10.0 Å². The molecule has 1 aliphatic heterocycles. The number of nitrogens with one attached hydrogen (secondary N) is 1. The van der Waals surface area contributed by atoms with Crippen LogP contribution in [0.2, 0.25) is 0 Å². The molecule has 2 rings (SSSR count). The molecule has 0 spiro atoms.